The number of hydrogen-bond donors (Lipinski definition) is 6. The van der Waals surface area contributed by atoms with Crippen molar-refractivity contribution in [3.05, 3.63) is 12.2 Å². The SMILES string of the molecule is CCCCCCCCCCCC/C=C/C(O)C(COC1OC(CO)C(O)C(O)C1OC(=O)CCCCCCCCCCCCCCCCCCCCCCCCC)NC(=O)C(O)CCCCCCCCCCCCCCC. The predicted octanol–water partition coefficient (Wildman–Crippen LogP) is 16.3. The standard InChI is InChI=1S/C66H127NO10/c1-4-7-10-13-16-19-22-25-26-27-28-29-30-31-32-33-34-36-39-42-45-48-51-54-61(71)77-64-63(73)62(72)60(55-68)76-66(64)75-56-57(58(69)52-49-46-43-40-37-24-21-18-15-12-9-6-3)67-65(74)59(70)53-50-47-44-41-38-35-23-20-17-14-11-8-5-2/h49,52,57-60,62-64,66,68-70,72-73H,4-48,50-51,53-56H2,1-3H3,(H,67,74)/b52-49+. The van der Waals surface area contributed by atoms with Gasteiger partial charge in [0.2, 0.25) is 5.91 Å². The van der Waals surface area contributed by atoms with E-state index in [1.54, 1.807) is 6.08 Å². The molecule has 6 N–H and O–H groups in total. The Balaban J connectivity index is 2.57. The van der Waals surface area contributed by atoms with E-state index in [0.717, 1.165) is 57.8 Å². The minimum atomic E-state index is -1.61. The van der Waals surface area contributed by atoms with Gasteiger partial charge in [-0.25, -0.2) is 0 Å². The third kappa shape index (κ3) is 42.9. The van der Waals surface area contributed by atoms with Crippen molar-refractivity contribution in [1.82, 2.24) is 5.32 Å². The molecule has 0 saturated carbocycles. The van der Waals surface area contributed by atoms with Crippen molar-refractivity contribution in [3.8, 4) is 0 Å². The van der Waals surface area contributed by atoms with E-state index in [9.17, 15) is 35.1 Å². The molecule has 11 heteroatoms. The zero-order chi connectivity index (χ0) is 56.1. The molecule has 1 aliphatic rings. The molecule has 1 heterocycles. The maximum atomic E-state index is 13.4. The van der Waals surface area contributed by atoms with Crippen molar-refractivity contribution in [2.75, 3.05) is 13.2 Å². The van der Waals surface area contributed by atoms with Gasteiger partial charge in [-0.15, -0.1) is 0 Å². The molecule has 0 aromatic rings. The van der Waals surface area contributed by atoms with Gasteiger partial charge in [0, 0.05) is 6.42 Å². The van der Waals surface area contributed by atoms with Crippen LogP contribution in [-0.2, 0) is 23.8 Å². The van der Waals surface area contributed by atoms with Gasteiger partial charge in [0.25, 0.3) is 0 Å². The lowest BCUT2D eigenvalue weighted by Crippen LogP contribution is -2.61. The summed E-state index contributed by atoms with van der Waals surface area (Å²) in [5, 5.41) is 57.0. The van der Waals surface area contributed by atoms with E-state index >= 15 is 0 Å². The van der Waals surface area contributed by atoms with E-state index in [-0.39, 0.29) is 13.0 Å². The predicted molar refractivity (Wildman–Crippen MR) is 320 cm³/mol. The first-order chi connectivity index (χ1) is 37.7. The van der Waals surface area contributed by atoms with Crippen LogP contribution in [0.4, 0.5) is 0 Å². The molecule has 1 amide bonds. The maximum Gasteiger partial charge on any atom is 0.306 e. The molecule has 0 spiro atoms. The molecule has 0 aromatic carbocycles. The number of carbonyl (C=O) groups excluding carboxylic acids is 2. The summed E-state index contributed by atoms with van der Waals surface area (Å²) in [5.41, 5.74) is 0. The number of aliphatic hydroxyl groups excluding tert-OH is 5. The Morgan fingerprint density at radius 2 is 0.844 bits per heavy atom. The van der Waals surface area contributed by atoms with Crippen molar-refractivity contribution >= 4 is 11.9 Å². The number of hydrogen-bond acceptors (Lipinski definition) is 10. The number of esters is 1. The molecular formula is C66H127NO10. The molecule has 456 valence electrons. The fraction of sp³-hybridized carbons (Fsp3) is 0.939. The van der Waals surface area contributed by atoms with E-state index in [2.05, 4.69) is 26.1 Å². The minimum Gasteiger partial charge on any atom is -0.454 e. The second kappa shape index (κ2) is 55.0. The Morgan fingerprint density at radius 3 is 1.22 bits per heavy atom. The topological polar surface area (TPSA) is 175 Å². The highest BCUT2D eigenvalue weighted by atomic mass is 16.7. The fourth-order valence-electron chi connectivity index (χ4n) is 10.9. The summed E-state index contributed by atoms with van der Waals surface area (Å²) < 4.78 is 17.7. The zero-order valence-corrected chi connectivity index (χ0v) is 50.6. The normalized spacial score (nSPS) is 19.0. The summed E-state index contributed by atoms with van der Waals surface area (Å²) in [7, 11) is 0. The van der Waals surface area contributed by atoms with Crippen LogP contribution in [0.15, 0.2) is 12.2 Å². The van der Waals surface area contributed by atoms with Crippen molar-refractivity contribution in [2.24, 2.45) is 0 Å². The van der Waals surface area contributed by atoms with Crippen LogP contribution in [0.2, 0.25) is 0 Å². The fourth-order valence-corrected chi connectivity index (χ4v) is 10.9. The molecule has 1 rings (SSSR count). The summed E-state index contributed by atoms with van der Waals surface area (Å²) in [6, 6.07) is -1.02. The second-order valence-corrected chi connectivity index (χ2v) is 23.6. The van der Waals surface area contributed by atoms with Crippen molar-refractivity contribution < 1.29 is 49.3 Å². The molecule has 1 aliphatic heterocycles. The van der Waals surface area contributed by atoms with Crippen molar-refractivity contribution in [1.29, 1.82) is 0 Å². The summed E-state index contributed by atoms with van der Waals surface area (Å²) in [6.07, 6.45) is 52.6. The third-order valence-electron chi connectivity index (χ3n) is 16.2. The highest BCUT2D eigenvalue weighted by molar-refractivity contribution is 5.80. The van der Waals surface area contributed by atoms with Crippen molar-refractivity contribution in [2.45, 2.75) is 384 Å². The first-order valence-electron chi connectivity index (χ1n) is 33.5. The van der Waals surface area contributed by atoms with Crippen LogP contribution < -0.4 is 5.32 Å². The van der Waals surface area contributed by atoms with E-state index in [0.29, 0.717) is 19.3 Å². The quantitative estimate of drug-likeness (QED) is 0.0195. The lowest BCUT2D eigenvalue weighted by molar-refractivity contribution is -0.305. The van der Waals surface area contributed by atoms with Gasteiger partial charge in [0.15, 0.2) is 12.4 Å². The average molecular weight is 1090 g/mol. The largest absolute Gasteiger partial charge is 0.454 e. The summed E-state index contributed by atoms with van der Waals surface area (Å²) in [4.78, 5) is 26.6. The Hall–Kier alpha value is -1.60. The second-order valence-electron chi connectivity index (χ2n) is 23.6. The molecule has 0 radical (unpaired) electrons. The molecule has 0 aliphatic carbocycles. The number of rotatable bonds is 58. The molecule has 77 heavy (non-hydrogen) atoms. The first-order valence-corrected chi connectivity index (χ1v) is 33.5. The first kappa shape index (κ1) is 73.4. The smallest absolute Gasteiger partial charge is 0.306 e. The van der Waals surface area contributed by atoms with Crippen LogP contribution in [-0.4, -0.2) is 99.6 Å². The van der Waals surface area contributed by atoms with Crippen LogP contribution in [0.3, 0.4) is 0 Å². The van der Waals surface area contributed by atoms with Crippen LogP contribution in [0.1, 0.15) is 335 Å². The Kier molecular flexibility index (Phi) is 52.4. The summed E-state index contributed by atoms with van der Waals surface area (Å²) >= 11 is 0. The molecule has 1 fully saturated rings. The summed E-state index contributed by atoms with van der Waals surface area (Å²) in [6.45, 7) is 5.83. The Bertz CT molecular complexity index is 1300. The molecular weight excluding hydrogens is 967 g/mol. The minimum absolute atomic E-state index is 0.132. The van der Waals surface area contributed by atoms with E-state index in [1.807, 2.05) is 6.08 Å². The van der Waals surface area contributed by atoms with Crippen LogP contribution in [0.5, 0.6) is 0 Å². The number of carbonyl (C=O) groups is 2. The van der Waals surface area contributed by atoms with E-state index in [4.69, 9.17) is 14.2 Å². The number of nitrogens with one attached hydrogen (secondary N) is 1. The van der Waals surface area contributed by atoms with E-state index < -0.39 is 67.4 Å². The van der Waals surface area contributed by atoms with Gasteiger partial charge in [-0.2, -0.15) is 0 Å². The lowest BCUT2D eigenvalue weighted by atomic mass is 9.99. The molecule has 8 atom stereocenters. The number of allylic oxidation sites excluding steroid dienone is 1. The third-order valence-corrected chi connectivity index (χ3v) is 16.2. The van der Waals surface area contributed by atoms with Gasteiger partial charge in [0.1, 0.15) is 24.4 Å². The highest BCUT2D eigenvalue weighted by Gasteiger charge is 2.47. The maximum absolute atomic E-state index is 13.4. The molecule has 1 saturated heterocycles. The van der Waals surface area contributed by atoms with Gasteiger partial charge in [-0.1, -0.05) is 315 Å². The van der Waals surface area contributed by atoms with Crippen LogP contribution in [0.25, 0.3) is 0 Å². The van der Waals surface area contributed by atoms with E-state index in [1.165, 1.54) is 231 Å². The average Bonchev–Trinajstić information content (AvgIpc) is 3.43. The van der Waals surface area contributed by atoms with Crippen molar-refractivity contribution in [3.63, 3.8) is 0 Å². The monoisotopic (exact) mass is 1090 g/mol. The molecule has 8 unspecified atom stereocenters. The Labute approximate surface area is 474 Å². The van der Waals surface area contributed by atoms with Gasteiger partial charge in [0.05, 0.1) is 25.4 Å². The Morgan fingerprint density at radius 1 is 0.494 bits per heavy atom. The zero-order valence-electron chi connectivity index (χ0n) is 50.6. The molecule has 0 aromatic heterocycles. The number of aliphatic hydroxyl groups is 5. The van der Waals surface area contributed by atoms with Gasteiger partial charge in [-0.05, 0) is 25.7 Å². The summed E-state index contributed by atoms with van der Waals surface area (Å²) in [5.74, 6) is -1.17. The number of amides is 1. The molecule has 0 bridgehead atoms. The highest BCUT2D eigenvalue weighted by Crippen LogP contribution is 2.26. The molecule has 11 nitrogen and oxygen atoms in total. The van der Waals surface area contributed by atoms with Crippen LogP contribution >= 0.6 is 0 Å². The van der Waals surface area contributed by atoms with Crippen LogP contribution in [0, 0.1) is 0 Å². The number of unbranched alkanes of at least 4 members (excludes halogenated alkanes) is 44. The lowest BCUT2D eigenvalue weighted by Gasteiger charge is -2.41. The van der Waals surface area contributed by atoms with Gasteiger partial charge in [-0.3, -0.25) is 9.59 Å². The van der Waals surface area contributed by atoms with Gasteiger partial charge >= 0.3 is 5.97 Å². The number of ether oxygens (including phenoxy) is 3. The van der Waals surface area contributed by atoms with Gasteiger partial charge < -0.3 is 45.1 Å².